The Balaban J connectivity index is 2.16. The summed E-state index contributed by atoms with van der Waals surface area (Å²) < 4.78 is 5.37. The van der Waals surface area contributed by atoms with Crippen molar-refractivity contribution in [1.82, 2.24) is 5.32 Å². The first-order valence-electron chi connectivity index (χ1n) is 7.40. The maximum absolute atomic E-state index is 12.3. The number of carbonyl (C=O) groups is 2. The lowest BCUT2D eigenvalue weighted by molar-refractivity contribution is -0.137. The Hall–Kier alpha value is -2.82. The number of rotatable bonds is 7. The molecule has 1 amide bonds. The summed E-state index contributed by atoms with van der Waals surface area (Å²) in [6.45, 7) is 2.45. The third-order valence-electron chi connectivity index (χ3n) is 3.31. The molecule has 0 saturated carbocycles. The topological polar surface area (TPSA) is 75.6 Å². The highest BCUT2D eigenvalue weighted by Gasteiger charge is 2.19. The smallest absolute Gasteiger partial charge is 0.305 e. The second kappa shape index (κ2) is 7.98. The van der Waals surface area contributed by atoms with E-state index >= 15 is 0 Å². The summed E-state index contributed by atoms with van der Waals surface area (Å²) >= 11 is 0. The molecule has 5 nitrogen and oxygen atoms in total. The number of nitrogens with one attached hydrogen (secondary N) is 1. The highest BCUT2D eigenvalue weighted by atomic mass is 16.5. The van der Waals surface area contributed by atoms with Crippen LogP contribution in [0.4, 0.5) is 0 Å². The number of carbonyl (C=O) groups excluding carboxylic acids is 1. The van der Waals surface area contributed by atoms with E-state index in [9.17, 15) is 9.59 Å². The molecule has 0 unspecified atom stereocenters. The maximum Gasteiger partial charge on any atom is 0.305 e. The van der Waals surface area contributed by atoms with Crippen molar-refractivity contribution in [1.29, 1.82) is 0 Å². The van der Waals surface area contributed by atoms with Crippen LogP contribution in [0.5, 0.6) is 5.75 Å². The highest BCUT2D eigenvalue weighted by molar-refractivity contribution is 5.94. The quantitative estimate of drug-likeness (QED) is 0.824. The van der Waals surface area contributed by atoms with Gasteiger partial charge in [-0.3, -0.25) is 9.59 Å². The zero-order chi connectivity index (χ0) is 16.7. The van der Waals surface area contributed by atoms with Crippen LogP contribution in [0.3, 0.4) is 0 Å². The number of benzene rings is 2. The van der Waals surface area contributed by atoms with Crippen LogP contribution in [0, 0.1) is 0 Å². The summed E-state index contributed by atoms with van der Waals surface area (Å²) in [6.07, 6.45) is -0.188. The predicted octanol–water partition coefficient (Wildman–Crippen LogP) is 3.03. The molecule has 2 aromatic carbocycles. The molecule has 0 bridgehead atoms. The number of hydrogen-bond acceptors (Lipinski definition) is 3. The number of amides is 1. The number of carboxylic acid groups (broad SMARTS) is 1. The van der Waals surface area contributed by atoms with Crippen LogP contribution in [0.1, 0.15) is 35.3 Å². The maximum atomic E-state index is 12.3. The molecule has 2 aromatic rings. The van der Waals surface area contributed by atoms with Crippen molar-refractivity contribution >= 4 is 11.9 Å². The fourth-order valence-corrected chi connectivity index (χ4v) is 2.22. The Labute approximate surface area is 134 Å². The molecule has 0 aliphatic heterocycles. The largest absolute Gasteiger partial charge is 0.494 e. The zero-order valence-electron chi connectivity index (χ0n) is 12.9. The van der Waals surface area contributed by atoms with Crippen LogP contribution >= 0.6 is 0 Å². The Morgan fingerprint density at radius 3 is 2.30 bits per heavy atom. The molecule has 5 heteroatoms. The summed E-state index contributed by atoms with van der Waals surface area (Å²) in [5.74, 6) is -0.567. The van der Waals surface area contributed by atoms with Crippen LogP contribution in [0.25, 0.3) is 0 Å². The van der Waals surface area contributed by atoms with Gasteiger partial charge >= 0.3 is 5.97 Å². The van der Waals surface area contributed by atoms with Gasteiger partial charge in [-0.1, -0.05) is 30.3 Å². The molecule has 2 N–H and O–H groups in total. The van der Waals surface area contributed by atoms with E-state index in [1.807, 2.05) is 13.0 Å². The number of aliphatic carboxylic acids is 1. The lowest BCUT2D eigenvalue weighted by atomic mass is 10.0. The molecule has 120 valence electrons. The lowest BCUT2D eigenvalue weighted by Crippen LogP contribution is -2.30. The van der Waals surface area contributed by atoms with E-state index in [1.54, 1.807) is 48.5 Å². The summed E-state index contributed by atoms with van der Waals surface area (Å²) in [5, 5.41) is 11.9. The van der Waals surface area contributed by atoms with Crippen molar-refractivity contribution in [3.05, 3.63) is 65.7 Å². The van der Waals surface area contributed by atoms with E-state index in [4.69, 9.17) is 9.84 Å². The first kappa shape index (κ1) is 16.5. The second-order valence-electron chi connectivity index (χ2n) is 4.99. The highest BCUT2D eigenvalue weighted by Crippen LogP contribution is 2.21. The molecule has 0 aliphatic carbocycles. The van der Waals surface area contributed by atoms with Crippen molar-refractivity contribution in [2.24, 2.45) is 0 Å². The summed E-state index contributed by atoms with van der Waals surface area (Å²) in [6, 6.07) is 15.2. The summed E-state index contributed by atoms with van der Waals surface area (Å²) in [7, 11) is 0. The van der Waals surface area contributed by atoms with Gasteiger partial charge in [0, 0.05) is 5.56 Å². The van der Waals surface area contributed by atoms with Gasteiger partial charge in [0.15, 0.2) is 0 Å². The van der Waals surface area contributed by atoms with E-state index in [0.717, 1.165) is 5.56 Å². The Bertz CT molecular complexity index is 652. The van der Waals surface area contributed by atoms with Crippen LogP contribution in [-0.2, 0) is 4.79 Å². The van der Waals surface area contributed by atoms with Gasteiger partial charge in [0.1, 0.15) is 5.75 Å². The molecule has 0 radical (unpaired) electrons. The first-order chi connectivity index (χ1) is 11.1. The lowest BCUT2D eigenvalue weighted by Gasteiger charge is -2.18. The normalized spacial score (nSPS) is 11.5. The monoisotopic (exact) mass is 313 g/mol. The van der Waals surface area contributed by atoms with Gasteiger partial charge in [0.05, 0.1) is 19.1 Å². The van der Waals surface area contributed by atoms with Crippen molar-refractivity contribution in [2.75, 3.05) is 6.61 Å². The van der Waals surface area contributed by atoms with Crippen molar-refractivity contribution in [3.63, 3.8) is 0 Å². The van der Waals surface area contributed by atoms with Crippen molar-refractivity contribution in [3.8, 4) is 5.75 Å². The molecule has 0 heterocycles. The van der Waals surface area contributed by atoms with E-state index in [1.165, 1.54) is 0 Å². The second-order valence-corrected chi connectivity index (χ2v) is 4.99. The van der Waals surface area contributed by atoms with Gasteiger partial charge in [0.2, 0.25) is 0 Å². The molecule has 0 saturated heterocycles. The molecule has 2 rings (SSSR count). The molecule has 0 aromatic heterocycles. The van der Waals surface area contributed by atoms with Crippen LogP contribution in [0.15, 0.2) is 54.6 Å². The molecule has 23 heavy (non-hydrogen) atoms. The minimum absolute atomic E-state index is 0.188. The minimum Gasteiger partial charge on any atom is -0.494 e. The standard InChI is InChI=1S/C18H19NO4/c1-2-23-15-10-8-13(9-11-15)16(12-17(20)21)19-18(22)14-6-4-3-5-7-14/h3-11,16H,2,12H2,1H3,(H,19,22)(H,20,21)/t16-/m1/s1. The van der Waals surface area contributed by atoms with Crippen LogP contribution in [-0.4, -0.2) is 23.6 Å². The van der Waals surface area contributed by atoms with E-state index in [-0.39, 0.29) is 12.3 Å². The molecule has 1 atom stereocenters. The van der Waals surface area contributed by atoms with Gasteiger partial charge in [-0.05, 0) is 36.8 Å². The number of carboxylic acids is 1. The van der Waals surface area contributed by atoms with Crippen LogP contribution in [0.2, 0.25) is 0 Å². The van der Waals surface area contributed by atoms with Gasteiger partial charge in [-0.15, -0.1) is 0 Å². The Morgan fingerprint density at radius 2 is 1.74 bits per heavy atom. The predicted molar refractivity (Wildman–Crippen MR) is 86.5 cm³/mol. The number of hydrogen-bond donors (Lipinski definition) is 2. The molecular weight excluding hydrogens is 294 g/mol. The van der Waals surface area contributed by atoms with E-state index in [0.29, 0.717) is 17.9 Å². The third-order valence-corrected chi connectivity index (χ3v) is 3.31. The molecular formula is C18H19NO4. The Kier molecular flexibility index (Phi) is 5.74. The average molecular weight is 313 g/mol. The first-order valence-corrected chi connectivity index (χ1v) is 7.40. The molecule has 0 fully saturated rings. The van der Waals surface area contributed by atoms with Gasteiger partial charge in [-0.25, -0.2) is 0 Å². The zero-order valence-corrected chi connectivity index (χ0v) is 12.9. The van der Waals surface area contributed by atoms with Crippen molar-refractivity contribution < 1.29 is 19.4 Å². The van der Waals surface area contributed by atoms with E-state index < -0.39 is 12.0 Å². The average Bonchev–Trinajstić information content (AvgIpc) is 2.55. The van der Waals surface area contributed by atoms with E-state index in [2.05, 4.69) is 5.32 Å². The fourth-order valence-electron chi connectivity index (χ4n) is 2.22. The molecule has 0 aliphatic rings. The third kappa shape index (κ3) is 4.85. The summed E-state index contributed by atoms with van der Waals surface area (Å²) in [4.78, 5) is 23.3. The van der Waals surface area contributed by atoms with Crippen LogP contribution < -0.4 is 10.1 Å². The molecule has 0 spiro atoms. The summed E-state index contributed by atoms with van der Waals surface area (Å²) in [5.41, 5.74) is 1.22. The van der Waals surface area contributed by atoms with Crippen molar-refractivity contribution in [2.45, 2.75) is 19.4 Å². The number of ether oxygens (including phenoxy) is 1. The van der Waals surface area contributed by atoms with Gasteiger partial charge in [-0.2, -0.15) is 0 Å². The minimum atomic E-state index is -0.975. The van der Waals surface area contributed by atoms with Gasteiger partial charge < -0.3 is 15.2 Å². The Morgan fingerprint density at radius 1 is 1.09 bits per heavy atom. The SMILES string of the molecule is CCOc1ccc([C@@H](CC(=O)O)NC(=O)c2ccccc2)cc1. The fraction of sp³-hybridized carbons (Fsp3) is 0.222. The van der Waals surface area contributed by atoms with Gasteiger partial charge in [0.25, 0.3) is 5.91 Å².